The molecule has 0 aliphatic carbocycles. The number of hydrogen-bond acceptors (Lipinski definition) is 22. The Kier molecular flexibility index (Phi) is 27.0. The molecule has 0 saturated heterocycles. The van der Waals surface area contributed by atoms with Crippen LogP contribution < -0.4 is 56.5 Å². The quantitative estimate of drug-likeness (QED) is 0.0117. The van der Waals surface area contributed by atoms with Gasteiger partial charge in [0.05, 0.1) is 78.8 Å². The van der Waals surface area contributed by atoms with Gasteiger partial charge in [0.2, 0.25) is 0 Å². The van der Waals surface area contributed by atoms with Crippen LogP contribution in [0, 0.1) is 45.9 Å². The molecule has 0 amide bonds. The summed E-state index contributed by atoms with van der Waals surface area (Å²) in [4.78, 5) is 65.7. The molecular weight excluding hydrogens is 1330 g/mol. The molecule has 22 nitrogen and oxygen atoms in total. The van der Waals surface area contributed by atoms with Gasteiger partial charge in [-0.3, -0.25) is 4.79 Å². The Morgan fingerprint density at radius 1 is 0.621 bits per heavy atom. The number of halogens is 5. The van der Waals surface area contributed by atoms with Crippen molar-refractivity contribution < 1.29 is 127 Å². The van der Waals surface area contributed by atoms with E-state index < -0.39 is 89.8 Å². The largest absolute Gasteiger partial charge is 1.00 e. The van der Waals surface area contributed by atoms with Crippen LogP contribution in [0.25, 0.3) is 22.5 Å². The van der Waals surface area contributed by atoms with Gasteiger partial charge in [-0.15, -0.1) is 22.7 Å². The Balaban J connectivity index is 0.000000234. The average molecular weight is 1380 g/mol. The summed E-state index contributed by atoms with van der Waals surface area (Å²) in [6, 6.07) is 35.4. The number of carbonyl (C=O) groups is 4. The van der Waals surface area contributed by atoms with E-state index in [1.807, 2.05) is 0 Å². The zero-order valence-electron chi connectivity index (χ0n) is 50.4. The van der Waals surface area contributed by atoms with Crippen molar-refractivity contribution in [3.63, 3.8) is 0 Å². The summed E-state index contributed by atoms with van der Waals surface area (Å²) in [5.41, 5.74) is 1.51. The van der Waals surface area contributed by atoms with Crippen LogP contribution in [0.15, 0.2) is 170 Å². The van der Waals surface area contributed by atoms with Crippen molar-refractivity contribution in [1.29, 1.82) is 10.5 Å². The van der Waals surface area contributed by atoms with Crippen molar-refractivity contribution in [3.05, 3.63) is 247 Å². The molecule has 0 saturated carbocycles. The number of carbonyl (C=O) groups excluding carboxylic acids is 4. The van der Waals surface area contributed by atoms with E-state index in [0.29, 0.717) is 61.4 Å². The van der Waals surface area contributed by atoms with Crippen molar-refractivity contribution in [2.24, 2.45) is 0 Å². The topological polar surface area (TPSA) is 313 Å². The first kappa shape index (κ1) is 73.5. The third kappa shape index (κ3) is 19.1. The second-order valence-electron chi connectivity index (χ2n) is 20.2. The maximum atomic E-state index is 15.6. The predicted octanol–water partition coefficient (Wildman–Crippen LogP) is 7.90. The Morgan fingerprint density at radius 2 is 1.04 bits per heavy atom. The van der Waals surface area contributed by atoms with Gasteiger partial charge in [0.15, 0.2) is 29.8 Å². The van der Waals surface area contributed by atoms with E-state index in [0.717, 1.165) is 23.3 Å². The Labute approximate surface area is 595 Å². The first-order chi connectivity index (χ1) is 45.3. The normalized spacial score (nSPS) is 12.6. The van der Waals surface area contributed by atoms with E-state index in [1.54, 1.807) is 97.4 Å². The molecule has 0 radical (unpaired) electrons. The molecule has 4 heterocycles. The second kappa shape index (κ2) is 35.0. The van der Waals surface area contributed by atoms with Crippen LogP contribution in [-0.4, -0.2) is 93.2 Å². The minimum Gasteiger partial charge on any atom is -0.545 e. The Hall–Kier alpha value is -8.95. The molecule has 2 N–H and O–H groups in total. The number of Topliss-reactive ketones (excluding diaryl/α,β-unsaturated/α-hetero) is 1. The molecule has 2 unspecified atom stereocenters. The van der Waals surface area contributed by atoms with Gasteiger partial charge < -0.3 is 43.8 Å². The molecule has 95 heavy (non-hydrogen) atoms. The van der Waals surface area contributed by atoms with E-state index in [9.17, 15) is 38.2 Å². The van der Waals surface area contributed by atoms with Crippen molar-refractivity contribution >= 4 is 58.3 Å². The molecule has 0 fully saturated rings. The summed E-state index contributed by atoms with van der Waals surface area (Å²) < 4.78 is 88.3. The molecule has 0 aliphatic rings. The summed E-state index contributed by atoms with van der Waals surface area (Å²) in [5, 5.41) is 58.9. The van der Waals surface area contributed by atoms with E-state index in [1.165, 1.54) is 93.7 Å². The number of hydrogen-bond donors (Lipinski definition) is 2. The van der Waals surface area contributed by atoms with Gasteiger partial charge in [-0.25, -0.2) is 56.5 Å². The number of benzene rings is 6. The molecule has 30 heteroatoms. The maximum Gasteiger partial charge on any atom is 1.00 e. The first-order valence-corrected chi connectivity index (χ1v) is 30.1. The van der Waals surface area contributed by atoms with E-state index in [-0.39, 0.29) is 94.4 Å². The number of aromatic carboxylic acids is 1. The van der Waals surface area contributed by atoms with Crippen LogP contribution in [0.3, 0.4) is 0 Å². The van der Waals surface area contributed by atoms with Gasteiger partial charge in [-0.2, -0.15) is 20.7 Å². The van der Waals surface area contributed by atoms with Gasteiger partial charge in [0.25, 0.3) is 0 Å². The summed E-state index contributed by atoms with van der Waals surface area (Å²) in [7, 11) is 0. The number of aliphatic hydroxyl groups is 2. The summed E-state index contributed by atoms with van der Waals surface area (Å²) in [6.45, 7) is 1.60. The molecule has 6 aromatic carbocycles. The number of aromatic nitrogens is 8. The summed E-state index contributed by atoms with van der Waals surface area (Å²) in [5.74, 6) is -6.75. The number of aliphatic hydroxyl groups excluding tert-OH is 2. The Morgan fingerprint density at radius 3 is 1.41 bits per heavy atom. The fraction of sp³-hybridized carbons (Fsp3) is 0.200. The molecular formula is C65H52ClF4KN10O12S2. The van der Waals surface area contributed by atoms with Gasteiger partial charge in [-0.05, 0) is 65.2 Å². The Bertz CT molecular complexity index is 4280. The van der Waals surface area contributed by atoms with Gasteiger partial charge >= 0.3 is 63.7 Å². The van der Waals surface area contributed by atoms with Crippen molar-refractivity contribution in [2.75, 3.05) is 19.5 Å². The first-order valence-electron chi connectivity index (χ1n) is 27.8. The van der Waals surface area contributed by atoms with Crippen LogP contribution in [0.4, 0.5) is 27.2 Å². The average Bonchev–Trinajstić information content (AvgIpc) is 1.36. The monoisotopic (exact) mass is 1380 g/mol. The number of alkyl halides is 1. The van der Waals surface area contributed by atoms with Gasteiger partial charge in [0.1, 0.15) is 65.2 Å². The van der Waals surface area contributed by atoms with Crippen LogP contribution in [0.2, 0.25) is 0 Å². The minimum absolute atomic E-state index is 0. The standard InChI is InChI=1S/C33H27F2N5O6S.C24H18ClF2N5O3S.C8H8O3.K/c1-21(31-39-29(16-47-31)24-6-2-22(13-36)3-7-24)33(17-40-19-37-18-38-40,27-11-10-26(34)12-28(27)35)46-32(43)45-20-44-15-30(42)25-8-4-23(14-41)5-9-25;1-15(22-31-21(10-36-22)17-4-2-16(9-28)3-5-17)24(35-23(33)34-12-25,11-32-14-29-13-30-32)19-7-6-18(26)8-20(19)27;9-5-6-1-3-7(4-2-6)8(10)11;/h2-12,16,18-19,21,41H,14-15,17,20H2,1H3;2-8,10,13-15H,11-12H2,1H3;1-4,9H,5H2,(H,10,11);/q;;;+1/p-1/t21-,33?;15-,24?;;/m00../s1. The van der Waals surface area contributed by atoms with E-state index in [4.69, 9.17) is 60.9 Å². The molecule has 4 atom stereocenters. The van der Waals surface area contributed by atoms with Crippen molar-refractivity contribution in [2.45, 2.75) is 63.2 Å². The molecule has 0 spiro atoms. The van der Waals surface area contributed by atoms with Crippen molar-refractivity contribution in [1.82, 2.24) is 39.5 Å². The maximum absolute atomic E-state index is 15.6. The van der Waals surface area contributed by atoms with Crippen LogP contribution in [-0.2, 0) is 61.2 Å². The third-order valence-electron chi connectivity index (χ3n) is 14.3. The van der Waals surface area contributed by atoms with Crippen molar-refractivity contribution in [3.8, 4) is 34.7 Å². The van der Waals surface area contributed by atoms with Crippen LogP contribution >= 0.6 is 34.3 Å². The van der Waals surface area contributed by atoms with E-state index >= 15 is 8.78 Å². The summed E-state index contributed by atoms with van der Waals surface area (Å²) >= 11 is 8.05. The zero-order chi connectivity index (χ0) is 67.4. The third-order valence-corrected chi connectivity index (χ3v) is 16.5. The number of carboxylic acid groups (broad SMARTS) is 1. The molecule has 482 valence electrons. The number of carboxylic acids is 1. The van der Waals surface area contributed by atoms with Gasteiger partial charge in [0, 0.05) is 50.7 Å². The van der Waals surface area contributed by atoms with E-state index in [2.05, 4.69) is 32.3 Å². The second-order valence-corrected chi connectivity index (χ2v) is 22.2. The molecule has 10 rings (SSSR count). The number of nitriles is 2. The summed E-state index contributed by atoms with van der Waals surface area (Å²) in [6.07, 6.45) is 2.85. The number of thiazole rings is 2. The fourth-order valence-corrected chi connectivity index (χ4v) is 11.4. The molecule has 4 aromatic heterocycles. The number of rotatable bonds is 23. The SMILES string of the molecule is C[C@@H](c1nc(-c2ccc(C#N)cc2)cs1)C(Cn1cncn1)(OC(=O)OCCl)c1ccc(F)cc1F.C[C@@H](c1nc(-c2ccc(C#N)cc2)cs1)C(Cn1cncn1)(OC(=O)OCOCC(=O)c1ccc(CO)cc1)c1ccc(F)cc1F.O=C([O-])c1ccc(CO)cc1.[K+]. The zero-order valence-corrected chi connectivity index (χ0v) is 55.9. The van der Waals surface area contributed by atoms with Gasteiger partial charge in [-0.1, -0.05) is 98.2 Å². The van der Waals surface area contributed by atoms with Crippen LogP contribution in [0.1, 0.15) is 89.8 Å². The fourth-order valence-electron chi connectivity index (χ4n) is 9.36. The molecule has 10 aromatic rings. The predicted molar refractivity (Wildman–Crippen MR) is 328 cm³/mol. The number of ether oxygens (including phenoxy) is 5. The smallest absolute Gasteiger partial charge is 0.545 e. The number of nitrogens with zero attached hydrogens (tertiary/aromatic N) is 10. The molecule has 0 bridgehead atoms. The van der Waals surface area contributed by atoms with Crippen LogP contribution in [0.5, 0.6) is 0 Å². The number of ketones is 1. The minimum atomic E-state index is -1.90. The molecule has 0 aliphatic heterocycles.